The zero-order chi connectivity index (χ0) is 15.1. The predicted octanol–water partition coefficient (Wildman–Crippen LogP) is 4.76. The highest BCUT2D eigenvalue weighted by Crippen LogP contribution is 2.61. The van der Waals surface area contributed by atoms with Crippen molar-refractivity contribution in [3.63, 3.8) is 0 Å². The lowest BCUT2D eigenvalue weighted by atomic mass is 9.48. The Balaban J connectivity index is 1.89. The highest BCUT2D eigenvalue weighted by atomic mass is 16.4. The van der Waals surface area contributed by atoms with Crippen molar-refractivity contribution >= 4 is 5.97 Å². The van der Waals surface area contributed by atoms with Gasteiger partial charge in [-0.15, -0.1) is 0 Å². The number of carboxylic acids is 1. The molecule has 0 atom stereocenters. The Kier molecular flexibility index (Phi) is 3.59. The molecule has 114 valence electrons. The van der Waals surface area contributed by atoms with Gasteiger partial charge in [-0.2, -0.15) is 0 Å². The summed E-state index contributed by atoms with van der Waals surface area (Å²) in [6, 6.07) is 6.22. The standard InChI is InChI=1S/C19H26O2/c1-14-7-8-16(11-15(14)2)19(17(20)21)12-18(13-19)9-5-3-4-6-10-18/h7-8,11H,3-6,9-10,12-13H2,1-2H3,(H,20,21). The highest BCUT2D eigenvalue weighted by molar-refractivity contribution is 5.83. The minimum atomic E-state index is -0.624. The number of aryl methyl sites for hydroxylation is 2. The maximum Gasteiger partial charge on any atom is 0.314 e. The van der Waals surface area contributed by atoms with Gasteiger partial charge in [0.1, 0.15) is 0 Å². The van der Waals surface area contributed by atoms with Gasteiger partial charge in [0.05, 0.1) is 5.41 Å². The molecule has 0 bridgehead atoms. The van der Waals surface area contributed by atoms with Crippen molar-refractivity contribution in [2.45, 2.75) is 70.6 Å². The lowest BCUT2D eigenvalue weighted by Crippen LogP contribution is -2.54. The zero-order valence-electron chi connectivity index (χ0n) is 13.2. The van der Waals surface area contributed by atoms with Gasteiger partial charge in [0, 0.05) is 0 Å². The zero-order valence-corrected chi connectivity index (χ0v) is 13.2. The first-order chi connectivity index (χ1) is 9.97. The molecule has 2 heteroatoms. The third kappa shape index (κ3) is 2.39. The van der Waals surface area contributed by atoms with Crippen LogP contribution in [-0.4, -0.2) is 11.1 Å². The molecule has 0 amide bonds. The Labute approximate surface area is 127 Å². The lowest BCUT2D eigenvalue weighted by Gasteiger charge is -2.54. The molecule has 1 aromatic rings. The van der Waals surface area contributed by atoms with Crippen LogP contribution < -0.4 is 0 Å². The third-order valence-corrected chi connectivity index (χ3v) is 5.99. The first-order valence-electron chi connectivity index (χ1n) is 8.29. The summed E-state index contributed by atoms with van der Waals surface area (Å²) in [4.78, 5) is 12.0. The van der Waals surface area contributed by atoms with Gasteiger partial charge in [-0.1, -0.05) is 43.9 Å². The molecular formula is C19H26O2. The average Bonchev–Trinajstić information content (AvgIpc) is 2.65. The Bertz CT molecular complexity index is 543. The first-order valence-corrected chi connectivity index (χ1v) is 8.29. The molecule has 0 aromatic heterocycles. The molecule has 1 spiro atoms. The molecule has 2 aliphatic rings. The van der Waals surface area contributed by atoms with Crippen LogP contribution in [0.5, 0.6) is 0 Å². The molecular weight excluding hydrogens is 260 g/mol. The van der Waals surface area contributed by atoms with Crippen molar-refractivity contribution in [1.82, 2.24) is 0 Å². The van der Waals surface area contributed by atoms with Crippen LogP contribution in [0.3, 0.4) is 0 Å². The predicted molar refractivity (Wildman–Crippen MR) is 84.6 cm³/mol. The molecule has 0 unspecified atom stereocenters. The normalized spacial score (nSPS) is 23.3. The Hall–Kier alpha value is -1.31. The number of rotatable bonds is 2. The molecule has 3 rings (SSSR count). The molecule has 0 radical (unpaired) electrons. The van der Waals surface area contributed by atoms with Gasteiger partial charge >= 0.3 is 5.97 Å². The maximum absolute atomic E-state index is 12.0. The fourth-order valence-corrected chi connectivity index (χ4v) is 4.58. The second-order valence-corrected chi connectivity index (χ2v) is 7.45. The van der Waals surface area contributed by atoms with E-state index in [9.17, 15) is 9.90 Å². The highest BCUT2D eigenvalue weighted by Gasteiger charge is 2.59. The minimum Gasteiger partial charge on any atom is -0.481 e. The van der Waals surface area contributed by atoms with E-state index in [0.717, 1.165) is 18.4 Å². The second kappa shape index (κ2) is 5.15. The largest absolute Gasteiger partial charge is 0.481 e. The van der Waals surface area contributed by atoms with E-state index in [2.05, 4.69) is 26.0 Å². The van der Waals surface area contributed by atoms with Gasteiger partial charge in [-0.05, 0) is 61.6 Å². The van der Waals surface area contributed by atoms with Gasteiger partial charge in [0.25, 0.3) is 0 Å². The maximum atomic E-state index is 12.0. The molecule has 0 heterocycles. The van der Waals surface area contributed by atoms with Gasteiger partial charge in [-0.3, -0.25) is 4.79 Å². The minimum absolute atomic E-state index is 0.313. The summed E-state index contributed by atoms with van der Waals surface area (Å²) in [6.45, 7) is 4.16. The Morgan fingerprint density at radius 2 is 1.62 bits per heavy atom. The SMILES string of the molecule is Cc1ccc(C2(C(=O)O)CC3(CCCCCC3)C2)cc1C. The molecule has 2 aliphatic carbocycles. The molecule has 0 aliphatic heterocycles. The van der Waals surface area contributed by atoms with Gasteiger partial charge in [-0.25, -0.2) is 0 Å². The van der Waals surface area contributed by atoms with Crippen LogP contribution in [0.15, 0.2) is 18.2 Å². The van der Waals surface area contributed by atoms with Crippen LogP contribution in [0.2, 0.25) is 0 Å². The van der Waals surface area contributed by atoms with Crippen molar-refractivity contribution in [3.05, 3.63) is 34.9 Å². The summed E-state index contributed by atoms with van der Waals surface area (Å²) in [7, 11) is 0. The molecule has 21 heavy (non-hydrogen) atoms. The van der Waals surface area contributed by atoms with E-state index in [1.807, 2.05) is 6.07 Å². The average molecular weight is 286 g/mol. The van der Waals surface area contributed by atoms with E-state index < -0.39 is 11.4 Å². The summed E-state index contributed by atoms with van der Waals surface area (Å²) >= 11 is 0. The number of carboxylic acid groups (broad SMARTS) is 1. The second-order valence-electron chi connectivity index (χ2n) is 7.45. The third-order valence-electron chi connectivity index (χ3n) is 5.99. The summed E-state index contributed by atoms with van der Waals surface area (Å²) in [6.07, 6.45) is 9.36. The molecule has 1 aromatic carbocycles. The summed E-state index contributed by atoms with van der Waals surface area (Å²) in [5, 5.41) is 9.88. The lowest BCUT2D eigenvalue weighted by molar-refractivity contribution is -0.155. The topological polar surface area (TPSA) is 37.3 Å². The van der Waals surface area contributed by atoms with Crippen LogP contribution in [-0.2, 0) is 10.2 Å². The van der Waals surface area contributed by atoms with Gasteiger partial charge < -0.3 is 5.11 Å². The van der Waals surface area contributed by atoms with Crippen molar-refractivity contribution in [3.8, 4) is 0 Å². The van der Waals surface area contributed by atoms with Crippen LogP contribution in [0.4, 0.5) is 0 Å². The van der Waals surface area contributed by atoms with Crippen molar-refractivity contribution in [2.24, 2.45) is 5.41 Å². The Morgan fingerprint density at radius 1 is 1.00 bits per heavy atom. The van der Waals surface area contributed by atoms with E-state index in [0.29, 0.717) is 5.41 Å². The van der Waals surface area contributed by atoms with Gasteiger partial charge in [0.15, 0.2) is 0 Å². The van der Waals surface area contributed by atoms with Crippen LogP contribution in [0, 0.1) is 19.3 Å². The van der Waals surface area contributed by atoms with E-state index in [1.54, 1.807) is 0 Å². The number of hydrogen-bond acceptors (Lipinski definition) is 1. The van der Waals surface area contributed by atoms with E-state index in [4.69, 9.17) is 0 Å². The smallest absolute Gasteiger partial charge is 0.314 e. The number of carbonyl (C=O) groups is 1. The molecule has 2 saturated carbocycles. The van der Waals surface area contributed by atoms with E-state index >= 15 is 0 Å². The van der Waals surface area contributed by atoms with Crippen molar-refractivity contribution in [1.29, 1.82) is 0 Å². The van der Waals surface area contributed by atoms with Crippen molar-refractivity contribution < 1.29 is 9.90 Å². The molecule has 2 fully saturated rings. The van der Waals surface area contributed by atoms with Crippen LogP contribution in [0.1, 0.15) is 68.1 Å². The molecule has 0 saturated heterocycles. The first kappa shape index (κ1) is 14.6. The number of aliphatic carboxylic acids is 1. The summed E-state index contributed by atoms with van der Waals surface area (Å²) in [5.74, 6) is -0.624. The van der Waals surface area contributed by atoms with Crippen LogP contribution in [0.25, 0.3) is 0 Å². The van der Waals surface area contributed by atoms with E-state index in [-0.39, 0.29) is 0 Å². The summed E-state index contributed by atoms with van der Waals surface area (Å²) in [5.41, 5.74) is 3.15. The van der Waals surface area contributed by atoms with Crippen LogP contribution >= 0.6 is 0 Å². The quantitative estimate of drug-likeness (QED) is 0.851. The fraction of sp³-hybridized carbons (Fsp3) is 0.632. The van der Waals surface area contributed by atoms with E-state index in [1.165, 1.54) is 49.7 Å². The Morgan fingerprint density at radius 3 is 2.14 bits per heavy atom. The van der Waals surface area contributed by atoms with Crippen molar-refractivity contribution in [2.75, 3.05) is 0 Å². The molecule has 2 nitrogen and oxygen atoms in total. The molecule has 1 N–H and O–H groups in total. The monoisotopic (exact) mass is 286 g/mol. The van der Waals surface area contributed by atoms with Gasteiger partial charge in [0.2, 0.25) is 0 Å². The summed E-state index contributed by atoms with van der Waals surface area (Å²) < 4.78 is 0. The number of hydrogen-bond donors (Lipinski definition) is 1. The number of benzene rings is 1. The fourth-order valence-electron chi connectivity index (χ4n) is 4.58.